The smallest absolute Gasteiger partial charge is 0.399 e. The molecule has 276 valence electrons. The van der Waals surface area contributed by atoms with Gasteiger partial charge in [0.1, 0.15) is 0 Å². The zero-order chi connectivity index (χ0) is 39.0. The number of nitrogens with zero attached hydrogens (tertiary/aromatic N) is 3. The Morgan fingerprint density at radius 3 is 0.912 bits per heavy atom. The van der Waals surface area contributed by atoms with Crippen molar-refractivity contribution < 1.29 is 9.31 Å². The van der Waals surface area contributed by atoms with Crippen LogP contribution in [-0.4, -0.2) is 33.3 Å². The monoisotopic (exact) mass is 739 g/mol. The van der Waals surface area contributed by atoms with E-state index < -0.39 is 18.3 Å². The Kier molecular flexibility index (Phi) is 9.45. The van der Waals surface area contributed by atoms with E-state index in [4.69, 9.17) is 24.3 Å². The summed E-state index contributed by atoms with van der Waals surface area (Å²) in [5.74, 6) is 1.76. The van der Waals surface area contributed by atoms with Gasteiger partial charge in [-0.25, -0.2) is 15.0 Å². The van der Waals surface area contributed by atoms with Gasteiger partial charge in [0.05, 0.1) is 11.2 Å². The van der Waals surface area contributed by atoms with Gasteiger partial charge in [0.15, 0.2) is 17.5 Å². The minimum Gasteiger partial charge on any atom is -0.399 e. The summed E-state index contributed by atoms with van der Waals surface area (Å²) in [5, 5.41) is 0. The third-order valence-corrected chi connectivity index (χ3v) is 11.1. The number of hydrogen-bond acceptors (Lipinski definition) is 5. The zero-order valence-electron chi connectivity index (χ0n) is 32.6. The average molecular weight is 740 g/mol. The molecule has 0 spiro atoms. The van der Waals surface area contributed by atoms with Crippen molar-refractivity contribution in [2.24, 2.45) is 0 Å². The van der Waals surface area contributed by atoms with Crippen molar-refractivity contribution >= 4 is 12.6 Å². The topological polar surface area (TPSA) is 57.1 Å². The van der Waals surface area contributed by atoms with E-state index in [2.05, 4.69) is 173 Å². The molecule has 5 nitrogen and oxygen atoms in total. The summed E-state index contributed by atoms with van der Waals surface area (Å²) in [7, 11) is -0.470. The molecular formula is C51H42BN3O2. The second-order valence-electron chi connectivity index (χ2n) is 15.6. The van der Waals surface area contributed by atoms with Crippen molar-refractivity contribution in [2.75, 3.05) is 0 Å². The van der Waals surface area contributed by atoms with Gasteiger partial charge in [0.25, 0.3) is 0 Å². The van der Waals surface area contributed by atoms with E-state index in [-0.39, 0.29) is 0 Å². The Hall–Kier alpha value is -6.47. The fraction of sp³-hybridized carbons (Fsp3) is 0.118. The first-order chi connectivity index (χ1) is 27.7. The lowest BCUT2D eigenvalue weighted by atomic mass is 9.79. The average Bonchev–Trinajstić information content (AvgIpc) is 3.49. The van der Waals surface area contributed by atoms with Crippen LogP contribution in [-0.2, 0) is 9.31 Å². The van der Waals surface area contributed by atoms with Gasteiger partial charge in [-0.3, -0.25) is 0 Å². The lowest BCUT2D eigenvalue weighted by Crippen LogP contribution is -2.41. The Morgan fingerprint density at radius 2 is 0.596 bits per heavy atom. The fourth-order valence-electron chi connectivity index (χ4n) is 7.23. The minimum absolute atomic E-state index is 0.436. The van der Waals surface area contributed by atoms with Crippen molar-refractivity contribution in [3.05, 3.63) is 182 Å². The molecule has 0 radical (unpaired) electrons. The van der Waals surface area contributed by atoms with Gasteiger partial charge < -0.3 is 9.31 Å². The molecule has 2 heterocycles. The summed E-state index contributed by atoms with van der Waals surface area (Å²) in [5.41, 5.74) is 11.5. The summed E-state index contributed by atoms with van der Waals surface area (Å²) in [4.78, 5) is 15.7. The lowest BCUT2D eigenvalue weighted by molar-refractivity contribution is 0.00578. The maximum atomic E-state index is 6.38. The molecule has 1 fully saturated rings. The van der Waals surface area contributed by atoms with Gasteiger partial charge in [-0.15, -0.1) is 0 Å². The van der Waals surface area contributed by atoms with Gasteiger partial charge in [-0.05, 0) is 114 Å². The first-order valence-corrected chi connectivity index (χ1v) is 19.4. The number of rotatable bonds is 8. The van der Waals surface area contributed by atoms with Crippen LogP contribution < -0.4 is 5.46 Å². The highest BCUT2D eigenvalue weighted by atomic mass is 16.7. The Morgan fingerprint density at radius 1 is 0.316 bits per heavy atom. The Balaban J connectivity index is 1.23. The van der Waals surface area contributed by atoms with Crippen LogP contribution in [0.5, 0.6) is 0 Å². The molecule has 9 rings (SSSR count). The highest BCUT2D eigenvalue weighted by Gasteiger charge is 2.51. The maximum Gasteiger partial charge on any atom is 0.494 e. The third-order valence-electron chi connectivity index (χ3n) is 11.1. The molecule has 8 aromatic rings. The van der Waals surface area contributed by atoms with Crippen LogP contribution in [0.25, 0.3) is 78.7 Å². The quantitative estimate of drug-likeness (QED) is 0.145. The van der Waals surface area contributed by atoms with Crippen LogP contribution in [0, 0.1) is 0 Å². The maximum absolute atomic E-state index is 6.38. The van der Waals surface area contributed by atoms with Crippen LogP contribution in [0.1, 0.15) is 27.7 Å². The zero-order valence-corrected chi connectivity index (χ0v) is 32.6. The van der Waals surface area contributed by atoms with Crippen molar-refractivity contribution in [2.45, 2.75) is 38.9 Å². The van der Waals surface area contributed by atoms with E-state index >= 15 is 0 Å². The molecule has 6 heteroatoms. The van der Waals surface area contributed by atoms with Gasteiger partial charge >= 0.3 is 7.12 Å². The van der Waals surface area contributed by atoms with Crippen molar-refractivity contribution in [1.29, 1.82) is 0 Å². The molecule has 0 N–H and O–H groups in total. The molecule has 1 aliphatic heterocycles. The number of aromatic nitrogens is 3. The number of benzene rings is 7. The summed E-state index contributed by atoms with van der Waals surface area (Å²) < 4.78 is 12.8. The minimum atomic E-state index is -0.470. The van der Waals surface area contributed by atoms with E-state index in [1.165, 1.54) is 0 Å². The van der Waals surface area contributed by atoms with Crippen LogP contribution in [0.15, 0.2) is 182 Å². The SMILES string of the molecule is CC1(C)OB(c2ccc(-c3nc(-c4cc(-c5ccccc5)cc(-c5ccccc5)c4)nc(-c4cc(-c5ccccc5)cc(-c5ccccc5)c4)n3)cc2)OC1(C)C. The third kappa shape index (κ3) is 7.45. The largest absolute Gasteiger partial charge is 0.494 e. The molecule has 0 amide bonds. The van der Waals surface area contributed by atoms with E-state index in [9.17, 15) is 0 Å². The standard InChI is InChI=1S/C51H42BN3O2/c1-50(2)51(3,4)57-52(56-50)46-27-25-39(26-28-46)47-53-48(44-31-40(35-17-9-5-10-18-35)29-41(32-44)36-19-11-6-12-20-36)55-49(54-47)45-33-42(37-21-13-7-14-22-37)30-43(34-45)38-23-15-8-16-24-38/h5-34H,1-4H3. The van der Waals surface area contributed by atoms with Crippen LogP contribution in [0.4, 0.5) is 0 Å². The molecule has 1 aromatic heterocycles. The lowest BCUT2D eigenvalue weighted by Gasteiger charge is -2.32. The van der Waals surface area contributed by atoms with Gasteiger partial charge in [0, 0.05) is 16.7 Å². The molecule has 1 aliphatic rings. The van der Waals surface area contributed by atoms with Crippen LogP contribution >= 0.6 is 0 Å². The highest BCUT2D eigenvalue weighted by molar-refractivity contribution is 6.62. The molecule has 7 aromatic carbocycles. The molecule has 0 unspecified atom stereocenters. The van der Waals surface area contributed by atoms with Crippen LogP contribution in [0.2, 0.25) is 0 Å². The second-order valence-corrected chi connectivity index (χ2v) is 15.6. The molecule has 0 saturated carbocycles. The molecular weight excluding hydrogens is 697 g/mol. The van der Waals surface area contributed by atoms with Crippen molar-refractivity contribution in [3.8, 4) is 78.7 Å². The van der Waals surface area contributed by atoms with E-state index in [0.29, 0.717) is 17.5 Å². The molecule has 1 saturated heterocycles. The second kappa shape index (κ2) is 14.9. The van der Waals surface area contributed by atoms with Crippen LogP contribution in [0.3, 0.4) is 0 Å². The molecule has 57 heavy (non-hydrogen) atoms. The first-order valence-electron chi connectivity index (χ1n) is 19.4. The predicted molar refractivity (Wildman–Crippen MR) is 234 cm³/mol. The summed E-state index contributed by atoms with van der Waals surface area (Å²) in [6, 6.07) is 63.2. The Labute approximate surface area is 335 Å². The molecule has 0 bridgehead atoms. The highest BCUT2D eigenvalue weighted by Crippen LogP contribution is 2.38. The Bertz CT molecular complexity index is 2390. The predicted octanol–water partition coefficient (Wildman–Crippen LogP) is 11.8. The van der Waals surface area contributed by atoms with E-state index in [1.807, 2.05) is 36.4 Å². The molecule has 0 aliphatic carbocycles. The van der Waals surface area contributed by atoms with Gasteiger partial charge in [-0.2, -0.15) is 0 Å². The van der Waals surface area contributed by atoms with Crippen molar-refractivity contribution in [1.82, 2.24) is 15.0 Å². The van der Waals surface area contributed by atoms with E-state index in [1.54, 1.807) is 0 Å². The normalized spacial score (nSPS) is 14.4. The van der Waals surface area contributed by atoms with Crippen molar-refractivity contribution in [3.63, 3.8) is 0 Å². The summed E-state index contributed by atoms with van der Waals surface area (Å²) in [6.45, 7) is 8.28. The van der Waals surface area contributed by atoms with Gasteiger partial charge in [-0.1, -0.05) is 146 Å². The van der Waals surface area contributed by atoms with Gasteiger partial charge in [0.2, 0.25) is 0 Å². The van der Waals surface area contributed by atoms with E-state index in [0.717, 1.165) is 66.7 Å². The fourth-order valence-corrected chi connectivity index (χ4v) is 7.23. The first kappa shape index (κ1) is 36.2. The summed E-state index contributed by atoms with van der Waals surface area (Å²) in [6.07, 6.45) is 0. The summed E-state index contributed by atoms with van der Waals surface area (Å²) >= 11 is 0. The molecule has 0 atom stereocenters. The number of hydrogen-bond donors (Lipinski definition) is 0.